The monoisotopic (exact) mass is 254 g/mol. The van der Waals surface area contributed by atoms with Crippen LogP contribution in [-0.4, -0.2) is 60.5 Å². The van der Waals surface area contributed by atoms with Crippen LogP contribution in [0.3, 0.4) is 0 Å². The summed E-state index contributed by atoms with van der Waals surface area (Å²) in [7, 11) is 3.91. The number of aliphatic carboxylic acids is 1. The first-order valence-electron chi connectivity index (χ1n) is 6.65. The first kappa shape index (κ1) is 13.3. The number of amides is 1. The van der Waals surface area contributed by atoms with Gasteiger partial charge >= 0.3 is 5.97 Å². The number of hydrogen-bond donors (Lipinski definition) is 1. The van der Waals surface area contributed by atoms with Crippen LogP contribution in [-0.2, 0) is 9.59 Å². The van der Waals surface area contributed by atoms with Gasteiger partial charge < -0.3 is 14.9 Å². The van der Waals surface area contributed by atoms with Crippen molar-refractivity contribution >= 4 is 11.9 Å². The molecule has 0 bridgehead atoms. The summed E-state index contributed by atoms with van der Waals surface area (Å²) in [5, 5.41) is 8.81. The third kappa shape index (κ3) is 3.02. The molecule has 0 aromatic heterocycles. The van der Waals surface area contributed by atoms with Gasteiger partial charge in [0.25, 0.3) is 0 Å². The van der Waals surface area contributed by atoms with Crippen LogP contribution in [0.4, 0.5) is 0 Å². The van der Waals surface area contributed by atoms with Gasteiger partial charge in [0.05, 0.1) is 11.8 Å². The molecule has 2 fully saturated rings. The summed E-state index contributed by atoms with van der Waals surface area (Å²) in [6.45, 7) is 3.01. The molecule has 2 rings (SSSR count). The minimum atomic E-state index is -0.834. The molecule has 18 heavy (non-hydrogen) atoms. The lowest BCUT2D eigenvalue weighted by molar-refractivity contribution is -0.141. The second kappa shape index (κ2) is 5.26. The molecule has 1 amide bonds. The minimum absolute atomic E-state index is 0.00810. The molecular formula is C13H22N2O3. The van der Waals surface area contributed by atoms with Crippen LogP contribution in [0.15, 0.2) is 0 Å². The summed E-state index contributed by atoms with van der Waals surface area (Å²) in [5.41, 5.74) is 0. The number of carbonyl (C=O) groups is 2. The maximum absolute atomic E-state index is 11.9. The Morgan fingerprint density at radius 3 is 2.61 bits per heavy atom. The van der Waals surface area contributed by atoms with Gasteiger partial charge in [0.1, 0.15) is 0 Å². The van der Waals surface area contributed by atoms with Crippen molar-refractivity contribution in [3.63, 3.8) is 0 Å². The average Bonchev–Trinajstić information content (AvgIpc) is 3.03. The molecule has 0 aromatic rings. The van der Waals surface area contributed by atoms with E-state index in [0.29, 0.717) is 12.3 Å². The van der Waals surface area contributed by atoms with E-state index in [4.69, 9.17) is 5.11 Å². The van der Waals surface area contributed by atoms with Gasteiger partial charge in [0.15, 0.2) is 0 Å². The number of rotatable bonds is 5. The Balaban J connectivity index is 1.70. The number of carbonyl (C=O) groups excluding carboxylic acids is 1. The van der Waals surface area contributed by atoms with E-state index in [1.54, 1.807) is 11.9 Å². The number of carboxylic acids is 1. The fraction of sp³-hybridized carbons (Fsp3) is 0.846. The molecule has 5 heteroatoms. The molecule has 5 nitrogen and oxygen atoms in total. The summed E-state index contributed by atoms with van der Waals surface area (Å²) in [6.07, 6.45) is 2.75. The molecule has 1 N–H and O–H groups in total. The summed E-state index contributed by atoms with van der Waals surface area (Å²) in [4.78, 5) is 26.7. The Kier molecular flexibility index (Phi) is 3.90. The SMILES string of the molecule is CN1CCC(CCN(C)C(=O)C2CC2C(=O)O)C1. The van der Waals surface area contributed by atoms with E-state index >= 15 is 0 Å². The third-order valence-corrected chi connectivity index (χ3v) is 4.16. The molecule has 0 aromatic carbocycles. The van der Waals surface area contributed by atoms with E-state index in [-0.39, 0.29) is 11.8 Å². The lowest BCUT2D eigenvalue weighted by Crippen LogP contribution is -2.31. The summed E-state index contributed by atoms with van der Waals surface area (Å²) in [6, 6.07) is 0. The van der Waals surface area contributed by atoms with Crippen molar-refractivity contribution in [3.05, 3.63) is 0 Å². The normalized spacial score (nSPS) is 31.3. The predicted octanol–water partition coefficient (Wildman–Crippen LogP) is 0.507. The molecule has 0 radical (unpaired) electrons. The molecular weight excluding hydrogens is 232 g/mol. The Morgan fingerprint density at radius 2 is 2.11 bits per heavy atom. The highest BCUT2D eigenvalue weighted by Gasteiger charge is 2.49. The Bertz CT molecular complexity index is 345. The van der Waals surface area contributed by atoms with Crippen LogP contribution < -0.4 is 0 Å². The quantitative estimate of drug-likeness (QED) is 0.776. The van der Waals surface area contributed by atoms with E-state index in [1.165, 1.54) is 6.42 Å². The molecule has 102 valence electrons. The van der Waals surface area contributed by atoms with Crippen molar-refractivity contribution in [2.75, 3.05) is 33.7 Å². The van der Waals surface area contributed by atoms with Crippen LogP contribution >= 0.6 is 0 Å². The molecule has 0 spiro atoms. The van der Waals surface area contributed by atoms with Crippen molar-refractivity contribution in [2.24, 2.45) is 17.8 Å². The summed E-state index contributed by atoms with van der Waals surface area (Å²) in [5.74, 6) is -0.844. The standard InChI is InChI=1S/C13H22N2O3/c1-14-5-3-9(8-14)4-6-15(2)12(16)10-7-11(10)13(17)18/h9-11H,3-8H2,1-2H3,(H,17,18). The second-order valence-corrected chi connectivity index (χ2v) is 5.75. The molecule has 2 aliphatic rings. The second-order valence-electron chi connectivity index (χ2n) is 5.75. The molecule has 1 saturated heterocycles. The highest BCUT2D eigenvalue weighted by molar-refractivity contribution is 5.89. The van der Waals surface area contributed by atoms with Crippen molar-refractivity contribution in [2.45, 2.75) is 19.3 Å². The van der Waals surface area contributed by atoms with Crippen LogP contribution in [0.25, 0.3) is 0 Å². The van der Waals surface area contributed by atoms with Crippen LogP contribution in [0.5, 0.6) is 0 Å². The number of nitrogens with zero attached hydrogens (tertiary/aromatic N) is 2. The topological polar surface area (TPSA) is 60.9 Å². The fourth-order valence-corrected chi connectivity index (χ4v) is 2.77. The van der Waals surface area contributed by atoms with Crippen molar-refractivity contribution < 1.29 is 14.7 Å². The Hall–Kier alpha value is -1.10. The number of likely N-dealkylation sites (tertiary alicyclic amines) is 1. The van der Waals surface area contributed by atoms with E-state index in [9.17, 15) is 9.59 Å². The zero-order valence-electron chi connectivity index (χ0n) is 11.1. The van der Waals surface area contributed by atoms with Gasteiger partial charge in [-0.2, -0.15) is 0 Å². The first-order valence-corrected chi connectivity index (χ1v) is 6.65. The zero-order valence-corrected chi connectivity index (χ0v) is 11.1. The van der Waals surface area contributed by atoms with Gasteiger partial charge in [0, 0.05) is 20.1 Å². The zero-order chi connectivity index (χ0) is 13.3. The van der Waals surface area contributed by atoms with Gasteiger partial charge in [-0.25, -0.2) is 0 Å². The lowest BCUT2D eigenvalue weighted by atomic mass is 10.0. The Morgan fingerprint density at radius 1 is 1.39 bits per heavy atom. The van der Waals surface area contributed by atoms with Crippen LogP contribution in [0.1, 0.15) is 19.3 Å². The van der Waals surface area contributed by atoms with E-state index < -0.39 is 11.9 Å². The van der Waals surface area contributed by atoms with E-state index in [0.717, 1.165) is 26.1 Å². The van der Waals surface area contributed by atoms with Gasteiger partial charge in [-0.15, -0.1) is 0 Å². The predicted molar refractivity (Wildman–Crippen MR) is 67.1 cm³/mol. The summed E-state index contributed by atoms with van der Waals surface area (Å²) < 4.78 is 0. The smallest absolute Gasteiger partial charge is 0.307 e. The van der Waals surface area contributed by atoms with Crippen LogP contribution in [0.2, 0.25) is 0 Å². The van der Waals surface area contributed by atoms with Crippen molar-refractivity contribution in [3.8, 4) is 0 Å². The minimum Gasteiger partial charge on any atom is -0.481 e. The average molecular weight is 254 g/mol. The van der Waals surface area contributed by atoms with E-state index in [1.807, 2.05) is 0 Å². The molecule has 1 aliphatic heterocycles. The molecule has 3 unspecified atom stereocenters. The molecule has 1 aliphatic carbocycles. The largest absolute Gasteiger partial charge is 0.481 e. The van der Waals surface area contributed by atoms with Gasteiger partial charge in [-0.05, 0) is 38.8 Å². The van der Waals surface area contributed by atoms with Gasteiger partial charge in [-0.3, -0.25) is 9.59 Å². The number of carboxylic acid groups (broad SMARTS) is 1. The van der Waals surface area contributed by atoms with Crippen molar-refractivity contribution in [1.82, 2.24) is 9.80 Å². The van der Waals surface area contributed by atoms with Crippen LogP contribution in [0, 0.1) is 17.8 Å². The van der Waals surface area contributed by atoms with Crippen molar-refractivity contribution in [1.29, 1.82) is 0 Å². The van der Waals surface area contributed by atoms with Gasteiger partial charge in [0.2, 0.25) is 5.91 Å². The van der Waals surface area contributed by atoms with Gasteiger partial charge in [-0.1, -0.05) is 0 Å². The maximum atomic E-state index is 11.9. The maximum Gasteiger partial charge on any atom is 0.307 e. The summed E-state index contributed by atoms with van der Waals surface area (Å²) >= 11 is 0. The van der Waals surface area contributed by atoms with E-state index in [2.05, 4.69) is 11.9 Å². The highest BCUT2D eigenvalue weighted by atomic mass is 16.4. The molecule has 3 atom stereocenters. The fourth-order valence-electron chi connectivity index (χ4n) is 2.77. The first-order chi connectivity index (χ1) is 8.49. The Labute approximate surface area is 108 Å². The number of hydrogen-bond acceptors (Lipinski definition) is 3. The molecule has 1 heterocycles. The molecule has 1 saturated carbocycles. The lowest BCUT2D eigenvalue weighted by Gasteiger charge is -2.19. The highest BCUT2D eigenvalue weighted by Crippen LogP contribution is 2.39. The third-order valence-electron chi connectivity index (χ3n) is 4.16.